The summed E-state index contributed by atoms with van der Waals surface area (Å²) in [5.74, 6) is 1.01. The summed E-state index contributed by atoms with van der Waals surface area (Å²) in [7, 11) is -3.29. The molecule has 0 aliphatic carbocycles. The Bertz CT molecular complexity index is 866. The van der Waals surface area contributed by atoms with Crippen molar-refractivity contribution in [3.05, 3.63) is 29.6 Å². The van der Waals surface area contributed by atoms with Crippen LogP contribution in [0.15, 0.2) is 18.2 Å². The number of fused-ring (bicyclic) bond motifs is 1. The van der Waals surface area contributed by atoms with Crippen molar-refractivity contribution < 1.29 is 8.42 Å². The molecule has 1 aliphatic heterocycles. The van der Waals surface area contributed by atoms with Gasteiger partial charge < -0.3 is 4.98 Å². The molecule has 1 N–H and O–H groups in total. The molecule has 6 nitrogen and oxygen atoms in total. The molecule has 1 aromatic carbocycles. The topological polar surface area (TPSA) is 89.8 Å². The van der Waals surface area contributed by atoms with E-state index in [0.29, 0.717) is 19.5 Å². The summed E-state index contributed by atoms with van der Waals surface area (Å²) in [6.45, 7) is 3.06. The molecule has 0 amide bonds. The van der Waals surface area contributed by atoms with E-state index < -0.39 is 10.0 Å². The van der Waals surface area contributed by atoms with Crippen LogP contribution in [0.2, 0.25) is 0 Å². The van der Waals surface area contributed by atoms with Crippen molar-refractivity contribution in [1.82, 2.24) is 14.3 Å². The number of hydrogen-bond donors (Lipinski definition) is 1. The third-order valence-electron chi connectivity index (χ3n) is 4.51. The molecule has 0 bridgehead atoms. The zero-order chi connectivity index (χ0) is 17.2. The summed E-state index contributed by atoms with van der Waals surface area (Å²) in [6, 6.07) is 8.08. The van der Waals surface area contributed by atoms with Crippen molar-refractivity contribution in [1.29, 1.82) is 5.26 Å². The van der Waals surface area contributed by atoms with Gasteiger partial charge in [-0.15, -0.1) is 0 Å². The number of H-pyrrole nitrogens is 1. The molecule has 1 fully saturated rings. The van der Waals surface area contributed by atoms with Gasteiger partial charge in [0.25, 0.3) is 0 Å². The molecule has 2 heterocycles. The lowest BCUT2D eigenvalue weighted by atomic mass is 9.99. The van der Waals surface area contributed by atoms with Gasteiger partial charge in [0.1, 0.15) is 5.82 Å². The second-order valence-electron chi connectivity index (χ2n) is 6.42. The number of benzene rings is 1. The molecule has 24 heavy (non-hydrogen) atoms. The van der Waals surface area contributed by atoms with Crippen molar-refractivity contribution in [2.45, 2.75) is 38.5 Å². The van der Waals surface area contributed by atoms with E-state index in [0.717, 1.165) is 29.7 Å². The average molecular weight is 346 g/mol. The number of imidazole rings is 1. The number of hydrogen-bond acceptors (Lipinski definition) is 4. The van der Waals surface area contributed by atoms with Gasteiger partial charge in [0.05, 0.1) is 22.9 Å². The van der Waals surface area contributed by atoms with Crippen molar-refractivity contribution in [2.24, 2.45) is 0 Å². The van der Waals surface area contributed by atoms with E-state index in [2.05, 4.69) is 16.0 Å². The SMILES string of the molecule is Cc1ccc2nc(C3CCCN(S(=O)(=O)CCCC#N)C3)[nH]c2c1. The number of aryl methyl sites for hydroxylation is 1. The molecule has 128 valence electrons. The third kappa shape index (κ3) is 3.60. The first-order valence-corrected chi connectivity index (χ1v) is 9.91. The van der Waals surface area contributed by atoms with Gasteiger partial charge in [-0.2, -0.15) is 5.26 Å². The van der Waals surface area contributed by atoms with Crippen molar-refractivity contribution >= 4 is 21.1 Å². The van der Waals surface area contributed by atoms with Crippen LogP contribution >= 0.6 is 0 Å². The van der Waals surface area contributed by atoms with Crippen LogP contribution in [0.25, 0.3) is 11.0 Å². The lowest BCUT2D eigenvalue weighted by Crippen LogP contribution is -2.40. The molecular weight excluding hydrogens is 324 g/mol. The first-order valence-electron chi connectivity index (χ1n) is 8.30. The summed E-state index contributed by atoms with van der Waals surface area (Å²) < 4.78 is 26.4. The van der Waals surface area contributed by atoms with Crippen molar-refractivity contribution in [3.63, 3.8) is 0 Å². The minimum atomic E-state index is -3.29. The van der Waals surface area contributed by atoms with E-state index in [-0.39, 0.29) is 18.1 Å². The highest BCUT2D eigenvalue weighted by Gasteiger charge is 2.30. The predicted molar refractivity (Wildman–Crippen MR) is 93.0 cm³/mol. The standard InChI is InChI=1S/C17H22N4O2S/c1-13-6-7-15-16(11-13)20-17(19-15)14-5-4-9-21(12-14)24(22,23)10-3-2-8-18/h6-7,11,14H,2-5,9-10,12H2,1H3,(H,19,20). The number of nitrogens with one attached hydrogen (secondary N) is 1. The molecule has 1 saturated heterocycles. The van der Waals surface area contributed by atoms with Gasteiger partial charge in [0.2, 0.25) is 10.0 Å². The third-order valence-corrected chi connectivity index (χ3v) is 6.43. The molecule has 7 heteroatoms. The number of nitriles is 1. The van der Waals surface area contributed by atoms with Gasteiger partial charge in [0.15, 0.2) is 0 Å². The zero-order valence-electron chi connectivity index (χ0n) is 13.8. The zero-order valence-corrected chi connectivity index (χ0v) is 14.6. The van der Waals surface area contributed by atoms with Gasteiger partial charge in [-0.3, -0.25) is 0 Å². The Kier molecular flexibility index (Phi) is 4.88. The summed E-state index contributed by atoms with van der Waals surface area (Å²) in [4.78, 5) is 8.00. The fourth-order valence-corrected chi connectivity index (χ4v) is 4.80. The first kappa shape index (κ1) is 16.9. The molecule has 1 unspecified atom stereocenters. The molecule has 1 atom stereocenters. The van der Waals surface area contributed by atoms with Crippen LogP contribution in [0.1, 0.15) is 43.0 Å². The summed E-state index contributed by atoms with van der Waals surface area (Å²) >= 11 is 0. The smallest absolute Gasteiger partial charge is 0.214 e. The van der Waals surface area contributed by atoms with E-state index >= 15 is 0 Å². The van der Waals surface area contributed by atoms with Crippen LogP contribution in [0, 0.1) is 18.3 Å². The highest BCUT2D eigenvalue weighted by molar-refractivity contribution is 7.89. The quantitative estimate of drug-likeness (QED) is 0.843. The molecule has 2 aromatic rings. The molecule has 1 aromatic heterocycles. The predicted octanol–water partition coefficient (Wildman–Crippen LogP) is 2.68. The van der Waals surface area contributed by atoms with Crippen LogP contribution in [0.5, 0.6) is 0 Å². The second kappa shape index (κ2) is 6.91. The summed E-state index contributed by atoms with van der Waals surface area (Å²) in [5, 5.41) is 8.58. The Morgan fingerprint density at radius 3 is 3.08 bits per heavy atom. The number of unbranched alkanes of at least 4 members (excludes halogenated alkanes) is 1. The lowest BCUT2D eigenvalue weighted by molar-refractivity contribution is 0.310. The fraction of sp³-hybridized carbons (Fsp3) is 0.529. The van der Waals surface area contributed by atoms with Gasteiger partial charge in [0, 0.05) is 25.4 Å². The monoisotopic (exact) mass is 346 g/mol. The molecule has 1 aliphatic rings. The number of nitrogens with zero attached hydrogens (tertiary/aromatic N) is 3. The lowest BCUT2D eigenvalue weighted by Gasteiger charge is -2.30. The maximum atomic E-state index is 12.4. The summed E-state index contributed by atoms with van der Waals surface area (Å²) in [5.41, 5.74) is 3.09. The van der Waals surface area contributed by atoms with E-state index in [1.807, 2.05) is 25.1 Å². The Balaban J connectivity index is 1.76. The van der Waals surface area contributed by atoms with Gasteiger partial charge in [-0.1, -0.05) is 6.07 Å². The minimum Gasteiger partial charge on any atom is -0.342 e. The first-order chi connectivity index (χ1) is 11.5. The van der Waals surface area contributed by atoms with Gasteiger partial charge in [-0.25, -0.2) is 17.7 Å². The number of piperidine rings is 1. The minimum absolute atomic E-state index is 0.0482. The maximum absolute atomic E-state index is 12.4. The normalized spacial score (nSPS) is 19.4. The number of sulfonamides is 1. The number of aromatic nitrogens is 2. The van der Waals surface area contributed by atoms with Crippen LogP contribution in [0.4, 0.5) is 0 Å². The van der Waals surface area contributed by atoms with Gasteiger partial charge >= 0.3 is 0 Å². The summed E-state index contributed by atoms with van der Waals surface area (Å²) in [6.07, 6.45) is 2.44. The highest BCUT2D eigenvalue weighted by Crippen LogP contribution is 2.28. The number of rotatable bonds is 5. The maximum Gasteiger partial charge on any atom is 0.214 e. The Morgan fingerprint density at radius 2 is 2.29 bits per heavy atom. The van der Waals surface area contributed by atoms with E-state index in [1.54, 1.807) is 4.31 Å². The fourth-order valence-electron chi connectivity index (χ4n) is 3.22. The van der Waals surface area contributed by atoms with Crippen molar-refractivity contribution in [2.75, 3.05) is 18.8 Å². The van der Waals surface area contributed by atoms with E-state index in [9.17, 15) is 8.42 Å². The average Bonchev–Trinajstić information content (AvgIpc) is 2.98. The van der Waals surface area contributed by atoms with Crippen molar-refractivity contribution in [3.8, 4) is 6.07 Å². The number of aromatic amines is 1. The van der Waals surface area contributed by atoms with Crippen LogP contribution < -0.4 is 0 Å². The van der Waals surface area contributed by atoms with Crippen LogP contribution in [-0.4, -0.2) is 41.5 Å². The Labute approximate surface area is 142 Å². The second-order valence-corrected chi connectivity index (χ2v) is 8.51. The van der Waals surface area contributed by atoms with Gasteiger partial charge in [-0.05, 0) is 43.9 Å². The molecular formula is C17H22N4O2S. The van der Waals surface area contributed by atoms with E-state index in [1.165, 1.54) is 5.56 Å². The highest BCUT2D eigenvalue weighted by atomic mass is 32.2. The Morgan fingerprint density at radius 1 is 1.46 bits per heavy atom. The van der Waals surface area contributed by atoms with Crippen LogP contribution in [-0.2, 0) is 10.0 Å². The van der Waals surface area contributed by atoms with E-state index in [4.69, 9.17) is 5.26 Å². The molecule has 0 saturated carbocycles. The molecule has 0 spiro atoms. The largest absolute Gasteiger partial charge is 0.342 e. The van der Waals surface area contributed by atoms with Crippen LogP contribution in [0.3, 0.4) is 0 Å². The Hall–Kier alpha value is -1.91. The molecule has 3 rings (SSSR count). The molecule has 0 radical (unpaired) electrons.